The zero-order chi connectivity index (χ0) is 12.3. The molecule has 16 heavy (non-hydrogen) atoms. The number of methoxy groups -OCH3 is 1. The lowest BCUT2D eigenvalue weighted by Crippen LogP contribution is -2.16. The van der Waals surface area contributed by atoms with Crippen LogP contribution in [0.1, 0.15) is 22.0 Å². The Morgan fingerprint density at radius 3 is 2.62 bits per heavy atom. The third-order valence-corrected chi connectivity index (χ3v) is 2.17. The highest BCUT2D eigenvalue weighted by Crippen LogP contribution is 2.34. The van der Waals surface area contributed by atoms with Crippen LogP contribution in [0, 0.1) is 0 Å². The van der Waals surface area contributed by atoms with Gasteiger partial charge in [-0.15, -0.1) is 0 Å². The molecule has 0 amide bonds. The Kier molecular flexibility index (Phi) is 3.70. The molecule has 0 saturated heterocycles. The number of ether oxygens (including phenoxy) is 1. The fraction of sp³-hybridized carbons (Fsp3) is 0.300. The topological polar surface area (TPSA) is 113 Å². The number of nitrogens with two attached hydrogens (primary N) is 1. The van der Waals surface area contributed by atoms with Crippen LogP contribution in [0.5, 0.6) is 11.5 Å². The maximum absolute atomic E-state index is 11.2. The molecule has 0 fully saturated rings. The molecule has 0 heterocycles. The minimum atomic E-state index is -0.968. The third-order valence-electron chi connectivity index (χ3n) is 2.17. The van der Waals surface area contributed by atoms with Crippen LogP contribution in [-0.2, 0) is 4.74 Å². The Morgan fingerprint density at radius 2 is 2.12 bits per heavy atom. The predicted molar refractivity (Wildman–Crippen MR) is 55.1 cm³/mol. The number of hydrogen-bond donors (Lipinski definition) is 4. The van der Waals surface area contributed by atoms with Crippen LogP contribution in [0.2, 0.25) is 0 Å². The summed E-state index contributed by atoms with van der Waals surface area (Å²) in [4.78, 5) is 11.2. The Bertz CT molecular complexity index is 404. The monoisotopic (exact) mass is 227 g/mol. The lowest BCUT2D eigenvalue weighted by Gasteiger charge is -2.14. The number of benzene rings is 1. The highest BCUT2D eigenvalue weighted by atomic mass is 16.5. The van der Waals surface area contributed by atoms with Crippen molar-refractivity contribution in [3.63, 3.8) is 0 Å². The van der Waals surface area contributed by atoms with Gasteiger partial charge in [0.1, 0.15) is 17.1 Å². The summed E-state index contributed by atoms with van der Waals surface area (Å²) in [5, 5.41) is 28.0. The summed E-state index contributed by atoms with van der Waals surface area (Å²) >= 11 is 0. The fourth-order valence-corrected chi connectivity index (χ4v) is 1.33. The van der Waals surface area contributed by atoms with Crippen molar-refractivity contribution in [1.82, 2.24) is 0 Å². The van der Waals surface area contributed by atoms with E-state index in [0.717, 1.165) is 0 Å². The third kappa shape index (κ3) is 2.07. The number of phenolic OH excluding ortho intramolecular Hbond substituents is 2. The minimum absolute atomic E-state index is 0.0783. The molecule has 0 aliphatic rings. The second-order valence-electron chi connectivity index (χ2n) is 3.18. The van der Waals surface area contributed by atoms with Crippen LogP contribution in [0.15, 0.2) is 12.1 Å². The van der Waals surface area contributed by atoms with E-state index in [0.29, 0.717) is 0 Å². The molecule has 0 unspecified atom stereocenters. The van der Waals surface area contributed by atoms with E-state index in [1.165, 1.54) is 19.2 Å². The van der Waals surface area contributed by atoms with Crippen molar-refractivity contribution >= 4 is 5.97 Å². The molecule has 5 N–H and O–H groups in total. The zero-order valence-corrected chi connectivity index (χ0v) is 8.67. The molecule has 0 bridgehead atoms. The predicted octanol–water partition coefficient (Wildman–Crippen LogP) is -0.123. The second-order valence-corrected chi connectivity index (χ2v) is 3.18. The fourth-order valence-electron chi connectivity index (χ4n) is 1.33. The molecule has 6 nitrogen and oxygen atoms in total. The van der Waals surface area contributed by atoms with Crippen molar-refractivity contribution in [2.24, 2.45) is 5.73 Å². The molecule has 0 aliphatic heterocycles. The number of phenols is 2. The summed E-state index contributed by atoms with van der Waals surface area (Å²) in [6.07, 6.45) is 0. The van der Waals surface area contributed by atoms with Gasteiger partial charge in [-0.25, -0.2) is 4.79 Å². The van der Waals surface area contributed by atoms with Crippen LogP contribution in [0.3, 0.4) is 0 Å². The number of esters is 1. The normalized spacial score (nSPS) is 12.2. The minimum Gasteiger partial charge on any atom is -0.507 e. The Morgan fingerprint density at radius 1 is 1.50 bits per heavy atom. The van der Waals surface area contributed by atoms with E-state index in [2.05, 4.69) is 4.74 Å². The molecule has 0 aromatic heterocycles. The van der Waals surface area contributed by atoms with Gasteiger partial charge < -0.3 is 25.8 Å². The molecule has 0 spiro atoms. The molecule has 1 aromatic carbocycles. The average molecular weight is 227 g/mol. The van der Waals surface area contributed by atoms with Crippen LogP contribution >= 0.6 is 0 Å². The van der Waals surface area contributed by atoms with E-state index in [1.807, 2.05) is 0 Å². The van der Waals surface area contributed by atoms with Crippen molar-refractivity contribution in [2.75, 3.05) is 13.7 Å². The zero-order valence-electron chi connectivity index (χ0n) is 8.67. The second kappa shape index (κ2) is 4.82. The van der Waals surface area contributed by atoms with Gasteiger partial charge >= 0.3 is 5.97 Å². The summed E-state index contributed by atoms with van der Waals surface area (Å²) in [6, 6.07) is 1.45. The first kappa shape index (κ1) is 12.3. The lowest BCUT2D eigenvalue weighted by molar-refractivity contribution is 0.0597. The van der Waals surface area contributed by atoms with Crippen molar-refractivity contribution < 1.29 is 24.9 Å². The van der Waals surface area contributed by atoms with Gasteiger partial charge in [-0.2, -0.15) is 0 Å². The first-order chi connectivity index (χ1) is 7.52. The molecule has 0 saturated carbocycles. The first-order valence-electron chi connectivity index (χ1n) is 4.52. The van der Waals surface area contributed by atoms with E-state index in [1.54, 1.807) is 0 Å². The van der Waals surface area contributed by atoms with Crippen LogP contribution in [0.25, 0.3) is 0 Å². The Hall–Kier alpha value is -1.79. The molecular weight excluding hydrogens is 214 g/mol. The maximum atomic E-state index is 11.2. The van der Waals surface area contributed by atoms with E-state index < -0.39 is 24.4 Å². The molecule has 1 rings (SSSR count). The van der Waals surface area contributed by atoms with Crippen LogP contribution in [0.4, 0.5) is 0 Å². The molecule has 6 heteroatoms. The average Bonchev–Trinajstić information content (AvgIpc) is 2.28. The summed E-state index contributed by atoms with van der Waals surface area (Å²) < 4.78 is 4.44. The van der Waals surface area contributed by atoms with Gasteiger partial charge in [0.25, 0.3) is 0 Å². The molecule has 88 valence electrons. The SMILES string of the molecule is COC(=O)c1ccc(O)c([C@@H](N)CO)c1O. The number of carbonyl (C=O) groups is 1. The van der Waals surface area contributed by atoms with Gasteiger partial charge in [-0.3, -0.25) is 0 Å². The Balaban J connectivity index is 3.32. The largest absolute Gasteiger partial charge is 0.507 e. The number of aliphatic hydroxyl groups is 1. The summed E-state index contributed by atoms with van der Waals surface area (Å²) in [6.45, 7) is -0.467. The smallest absolute Gasteiger partial charge is 0.341 e. The number of aliphatic hydroxyl groups excluding tert-OH is 1. The molecule has 0 radical (unpaired) electrons. The van der Waals surface area contributed by atoms with Crippen molar-refractivity contribution in [3.8, 4) is 11.5 Å². The van der Waals surface area contributed by atoms with Gasteiger partial charge in [0.2, 0.25) is 0 Å². The highest BCUT2D eigenvalue weighted by molar-refractivity contribution is 5.93. The molecular formula is C10H13NO5. The number of aromatic hydroxyl groups is 2. The molecule has 0 aliphatic carbocycles. The Labute approximate surface area is 91.9 Å². The molecule has 1 aromatic rings. The number of hydrogen-bond acceptors (Lipinski definition) is 6. The van der Waals surface area contributed by atoms with E-state index in [4.69, 9.17) is 10.8 Å². The van der Waals surface area contributed by atoms with Crippen molar-refractivity contribution in [1.29, 1.82) is 0 Å². The van der Waals surface area contributed by atoms with Gasteiger partial charge in [-0.1, -0.05) is 0 Å². The first-order valence-corrected chi connectivity index (χ1v) is 4.52. The van der Waals surface area contributed by atoms with E-state index >= 15 is 0 Å². The lowest BCUT2D eigenvalue weighted by atomic mass is 10.0. The maximum Gasteiger partial charge on any atom is 0.341 e. The van der Waals surface area contributed by atoms with Gasteiger partial charge in [0.05, 0.1) is 25.3 Å². The van der Waals surface area contributed by atoms with E-state index in [9.17, 15) is 15.0 Å². The summed E-state index contributed by atoms with van der Waals surface area (Å²) in [5.41, 5.74) is 5.29. The van der Waals surface area contributed by atoms with Gasteiger partial charge in [-0.05, 0) is 12.1 Å². The quantitative estimate of drug-likeness (QED) is 0.535. The number of rotatable bonds is 3. The van der Waals surface area contributed by atoms with Crippen molar-refractivity contribution in [3.05, 3.63) is 23.3 Å². The highest BCUT2D eigenvalue weighted by Gasteiger charge is 2.21. The number of carbonyl (C=O) groups excluding carboxylic acids is 1. The van der Waals surface area contributed by atoms with Crippen molar-refractivity contribution in [2.45, 2.75) is 6.04 Å². The van der Waals surface area contributed by atoms with E-state index in [-0.39, 0.29) is 16.9 Å². The summed E-state index contributed by atoms with van der Waals surface area (Å²) in [5.74, 6) is -1.51. The standard InChI is InChI=1S/C10H13NO5/c1-16-10(15)5-2-3-7(13)8(9(5)14)6(11)4-12/h2-3,6,12-14H,4,11H2,1H3/t6-/m0/s1. The van der Waals surface area contributed by atoms with Crippen LogP contribution in [-0.4, -0.2) is 35.0 Å². The van der Waals surface area contributed by atoms with Gasteiger partial charge in [0, 0.05) is 0 Å². The summed E-state index contributed by atoms with van der Waals surface area (Å²) in [7, 11) is 1.17. The van der Waals surface area contributed by atoms with Crippen LogP contribution < -0.4 is 5.73 Å². The molecule has 1 atom stereocenters. The van der Waals surface area contributed by atoms with Gasteiger partial charge in [0.15, 0.2) is 0 Å².